The number of rotatable bonds is 10. The van der Waals surface area contributed by atoms with E-state index in [-0.39, 0.29) is 36.1 Å². The molecular formula is C25H20F8O2. The monoisotopic (exact) mass is 504 g/mol. The third-order valence-corrected chi connectivity index (χ3v) is 5.06. The van der Waals surface area contributed by atoms with Gasteiger partial charge in [-0.2, -0.15) is 8.78 Å². The van der Waals surface area contributed by atoms with Crippen molar-refractivity contribution in [2.45, 2.75) is 38.7 Å². The van der Waals surface area contributed by atoms with Gasteiger partial charge in [0.1, 0.15) is 5.75 Å². The summed E-state index contributed by atoms with van der Waals surface area (Å²) in [5, 5.41) is 0. The summed E-state index contributed by atoms with van der Waals surface area (Å²) in [6, 6.07) is 6.87. The molecule has 2 nitrogen and oxygen atoms in total. The van der Waals surface area contributed by atoms with Crippen LogP contribution in [0.1, 0.15) is 30.0 Å². The van der Waals surface area contributed by atoms with E-state index < -0.39 is 59.1 Å². The van der Waals surface area contributed by atoms with E-state index in [2.05, 4.69) is 4.74 Å². The fraction of sp³-hybridized carbons (Fsp3) is 0.280. The molecule has 0 aliphatic carbocycles. The highest BCUT2D eigenvalue weighted by atomic mass is 19.3. The first-order chi connectivity index (χ1) is 16.5. The Morgan fingerprint density at radius 1 is 0.686 bits per heavy atom. The summed E-state index contributed by atoms with van der Waals surface area (Å²) >= 11 is 0. The number of aryl methyl sites for hydroxylation is 3. The highest BCUT2D eigenvalue weighted by molar-refractivity contribution is 5.32. The van der Waals surface area contributed by atoms with Crippen molar-refractivity contribution in [2.24, 2.45) is 0 Å². The largest absolute Gasteiger partial charge is 0.480 e. The van der Waals surface area contributed by atoms with Gasteiger partial charge in [0.2, 0.25) is 0 Å². The summed E-state index contributed by atoms with van der Waals surface area (Å²) in [5.74, 6) is -9.71. The van der Waals surface area contributed by atoms with E-state index >= 15 is 0 Å². The van der Waals surface area contributed by atoms with Gasteiger partial charge in [0.15, 0.2) is 47.3 Å². The van der Waals surface area contributed by atoms with Crippen LogP contribution < -0.4 is 9.47 Å². The Bertz CT molecular complexity index is 1170. The van der Waals surface area contributed by atoms with E-state index in [0.717, 1.165) is 12.1 Å². The minimum Gasteiger partial charge on any atom is -0.480 e. The second-order valence-corrected chi connectivity index (χ2v) is 7.76. The van der Waals surface area contributed by atoms with E-state index in [9.17, 15) is 35.1 Å². The number of halogens is 8. The van der Waals surface area contributed by atoms with Gasteiger partial charge in [0.05, 0.1) is 0 Å². The van der Waals surface area contributed by atoms with E-state index in [1.807, 2.05) is 6.92 Å². The number of benzene rings is 3. The van der Waals surface area contributed by atoms with Crippen LogP contribution in [0.15, 0.2) is 42.5 Å². The van der Waals surface area contributed by atoms with Gasteiger partial charge in [-0.05, 0) is 48.1 Å². The predicted octanol–water partition coefficient (Wildman–Crippen LogP) is 7.31. The van der Waals surface area contributed by atoms with Crippen molar-refractivity contribution in [1.82, 2.24) is 0 Å². The van der Waals surface area contributed by atoms with Crippen molar-refractivity contribution in [3.8, 4) is 11.5 Å². The topological polar surface area (TPSA) is 18.5 Å². The quantitative estimate of drug-likeness (QED) is 0.213. The molecule has 35 heavy (non-hydrogen) atoms. The molecule has 0 bridgehead atoms. The van der Waals surface area contributed by atoms with Crippen LogP contribution in [0.4, 0.5) is 35.1 Å². The molecule has 3 rings (SSSR count). The van der Waals surface area contributed by atoms with Crippen molar-refractivity contribution < 1.29 is 44.6 Å². The zero-order valence-electron chi connectivity index (χ0n) is 18.4. The summed E-state index contributed by atoms with van der Waals surface area (Å²) in [6.45, 7) is 0.327. The fourth-order valence-corrected chi connectivity index (χ4v) is 3.34. The van der Waals surface area contributed by atoms with Crippen molar-refractivity contribution in [2.75, 3.05) is 6.61 Å². The van der Waals surface area contributed by atoms with Crippen LogP contribution in [0.5, 0.6) is 11.5 Å². The SMILES string of the molecule is CCCc1ccc(CCc2ccc(OCC(F)(F)Oc3cc(F)c(F)c(F)c3)c(F)c2)c(F)c1F. The first-order valence-corrected chi connectivity index (χ1v) is 10.6. The predicted molar refractivity (Wildman–Crippen MR) is 112 cm³/mol. The highest BCUT2D eigenvalue weighted by Gasteiger charge is 2.34. The molecule has 188 valence electrons. The first-order valence-electron chi connectivity index (χ1n) is 10.6. The van der Waals surface area contributed by atoms with Gasteiger partial charge in [-0.3, -0.25) is 0 Å². The van der Waals surface area contributed by atoms with Crippen molar-refractivity contribution >= 4 is 0 Å². The fourth-order valence-electron chi connectivity index (χ4n) is 3.34. The van der Waals surface area contributed by atoms with Gasteiger partial charge in [-0.15, -0.1) is 0 Å². The molecule has 0 saturated carbocycles. The molecule has 0 aliphatic heterocycles. The lowest BCUT2D eigenvalue weighted by Gasteiger charge is -2.19. The summed E-state index contributed by atoms with van der Waals surface area (Å²) < 4.78 is 119. The zero-order chi connectivity index (χ0) is 25.8. The third kappa shape index (κ3) is 6.64. The summed E-state index contributed by atoms with van der Waals surface area (Å²) in [7, 11) is 0. The van der Waals surface area contributed by atoms with Crippen LogP contribution >= 0.6 is 0 Å². The summed E-state index contributed by atoms with van der Waals surface area (Å²) in [6.07, 6.45) is -2.86. The Balaban J connectivity index is 1.61. The van der Waals surface area contributed by atoms with Gasteiger partial charge in [-0.25, -0.2) is 26.3 Å². The second-order valence-electron chi connectivity index (χ2n) is 7.76. The molecule has 0 saturated heterocycles. The van der Waals surface area contributed by atoms with Crippen molar-refractivity contribution in [3.63, 3.8) is 0 Å². The molecule has 0 spiro atoms. The van der Waals surface area contributed by atoms with Crippen LogP contribution in [0.3, 0.4) is 0 Å². The van der Waals surface area contributed by atoms with Gasteiger partial charge in [0, 0.05) is 12.1 Å². The molecule has 0 aliphatic rings. The van der Waals surface area contributed by atoms with E-state index in [0.29, 0.717) is 18.4 Å². The molecule has 0 atom stereocenters. The number of hydrogen-bond acceptors (Lipinski definition) is 2. The van der Waals surface area contributed by atoms with Crippen molar-refractivity contribution in [3.05, 3.63) is 94.1 Å². The molecule has 0 amide bonds. The minimum atomic E-state index is -4.13. The Morgan fingerprint density at radius 2 is 1.29 bits per heavy atom. The Hall–Kier alpha value is -3.30. The Kier molecular flexibility index (Phi) is 8.24. The minimum absolute atomic E-state index is 0.0749. The molecule has 0 N–H and O–H groups in total. The lowest BCUT2D eigenvalue weighted by Crippen LogP contribution is -2.32. The average molecular weight is 504 g/mol. The second kappa shape index (κ2) is 11.0. The zero-order valence-corrected chi connectivity index (χ0v) is 18.4. The molecule has 0 heterocycles. The average Bonchev–Trinajstić information content (AvgIpc) is 2.79. The lowest BCUT2D eigenvalue weighted by atomic mass is 10.0. The van der Waals surface area contributed by atoms with Gasteiger partial charge in [0.25, 0.3) is 0 Å². The maximum absolute atomic E-state index is 14.3. The van der Waals surface area contributed by atoms with Crippen LogP contribution in [-0.4, -0.2) is 12.7 Å². The van der Waals surface area contributed by atoms with Gasteiger partial charge < -0.3 is 9.47 Å². The summed E-state index contributed by atoms with van der Waals surface area (Å²) in [4.78, 5) is 0. The molecule has 0 unspecified atom stereocenters. The van der Waals surface area contributed by atoms with Crippen molar-refractivity contribution in [1.29, 1.82) is 0 Å². The van der Waals surface area contributed by atoms with Crippen LogP contribution in [0, 0.1) is 34.9 Å². The molecule has 0 aromatic heterocycles. The van der Waals surface area contributed by atoms with E-state index in [1.165, 1.54) is 18.2 Å². The molecule has 0 fully saturated rings. The Morgan fingerprint density at radius 3 is 1.86 bits per heavy atom. The molecule has 3 aromatic carbocycles. The van der Waals surface area contributed by atoms with Gasteiger partial charge >= 0.3 is 6.11 Å². The number of hydrogen-bond donors (Lipinski definition) is 0. The maximum Gasteiger partial charge on any atom is 0.433 e. The Labute approximate surface area is 196 Å². The van der Waals surface area contributed by atoms with E-state index in [4.69, 9.17) is 4.74 Å². The maximum atomic E-state index is 14.3. The van der Waals surface area contributed by atoms with Crippen LogP contribution in [0.2, 0.25) is 0 Å². The molecule has 3 aromatic rings. The van der Waals surface area contributed by atoms with Crippen LogP contribution in [0.25, 0.3) is 0 Å². The smallest absolute Gasteiger partial charge is 0.433 e. The molecular weight excluding hydrogens is 484 g/mol. The normalized spacial score (nSPS) is 11.6. The highest BCUT2D eigenvalue weighted by Crippen LogP contribution is 2.27. The third-order valence-electron chi connectivity index (χ3n) is 5.06. The molecule has 0 radical (unpaired) electrons. The number of alkyl halides is 2. The lowest BCUT2D eigenvalue weighted by molar-refractivity contribution is -0.196. The first kappa shape index (κ1) is 26.3. The standard InChI is InChI=1S/C25H20F8O2/c1-2-3-15-7-8-16(23(30)22(15)29)6-4-14-5-9-21(18(26)10-14)34-13-25(32,33)35-17-11-19(27)24(31)20(28)12-17/h5,7-12H,2-4,6,13H2,1H3. The van der Waals surface area contributed by atoms with Crippen LogP contribution in [-0.2, 0) is 19.3 Å². The molecule has 10 heteroatoms. The van der Waals surface area contributed by atoms with Gasteiger partial charge in [-0.1, -0.05) is 31.5 Å². The summed E-state index contributed by atoms with van der Waals surface area (Å²) in [5.41, 5.74) is 0.776. The van der Waals surface area contributed by atoms with E-state index in [1.54, 1.807) is 0 Å². The number of ether oxygens (including phenoxy) is 2.